The SMILES string of the molecule is Cc1ncc(N2CCC([C@H]3CCCNC3)CC2)cc1O[C@H](C)c1ccc(Cl)cc1Cl. The van der Waals surface area contributed by atoms with Gasteiger partial charge in [-0.25, -0.2) is 0 Å². The predicted molar refractivity (Wildman–Crippen MR) is 125 cm³/mol. The maximum Gasteiger partial charge on any atom is 0.143 e. The molecule has 2 aliphatic heterocycles. The van der Waals surface area contributed by atoms with Crippen LogP contribution in [0.15, 0.2) is 30.5 Å². The summed E-state index contributed by atoms with van der Waals surface area (Å²) in [4.78, 5) is 7.07. The zero-order valence-electron chi connectivity index (χ0n) is 17.8. The van der Waals surface area contributed by atoms with Crippen LogP contribution in [0.1, 0.15) is 50.0 Å². The van der Waals surface area contributed by atoms with Crippen molar-refractivity contribution in [1.29, 1.82) is 0 Å². The van der Waals surface area contributed by atoms with Crippen molar-refractivity contribution in [2.75, 3.05) is 31.1 Å². The first-order valence-corrected chi connectivity index (χ1v) is 11.8. The van der Waals surface area contributed by atoms with Gasteiger partial charge in [0.1, 0.15) is 11.9 Å². The molecule has 0 amide bonds. The molecular weight excluding hydrogens is 417 g/mol. The van der Waals surface area contributed by atoms with Gasteiger partial charge in [-0.2, -0.15) is 0 Å². The van der Waals surface area contributed by atoms with Crippen LogP contribution >= 0.6 is 23.2 Å². The summed E-state index contributed by atoms with van der Waals surface area (Å²) in [7, 11) is 0. The van der Waals surface area contributed by atoms with Crippen molar-refractivity contribution < 1.29 is 4.74 Å². The van der Waals surface area contributed by atoms with Crippen LogP contribution in [-0.2, 0) is 0 Å². The molecule has 2 saturated heterocycles. The van der Waals surface area contributed by atoms with E-state index >= 15 is 0 Å². The number of hydrogen-bond donors (Lipinski definition) is 1. The predicted octanol–water partition coefficient (Wildman–Crippen LogP) is 6.05. The largest absolute Gasteiger partial charge is 0.484 e. The molecule has 0 saturated carbocycles. The first-order valence-electron chi connectivity index (χ1n) is 11.0. The second kappa shape index (κ2) is 9.76. The lowest BCUT2D eigenvalue weighted by Crippen LogP contribution is -2.41. The van der Waals surface area contributed by atoms with E-state index in [9.17, 15) is 0 Å². The highest BCUT2D eigenvalue weighted by molar-refractivity contribution is 6.35. The number of pyridine rings is 1. The van der Waals surface area contributed by atoms with Crippen LogP contribution in [0, 0.1) is 18.8 Å². The number of aryl methyl sites for hydroxylation is 1. The number of hydrogen-bond acceptors (Lipinski definition) is 4. The van der Waals surface area contributed by atoms with E-state index in [-0.39, 0.29) is 6.10 Å². The normalized spacial score (nSPS) is 21.5. The number of ether oxygens (including phenoxy) is 1. The number of benzene rings is 1. The summed E-state index contributed by atoms with van der Waals surface area (Å²) in [6.07, 6.45) is 7.01. The molecule has 0 unspecified atom stereocenters. The van der Waals surface area contributed by atoms with E-state index in [1.54, 1.807) is 6.07 Å². The van der Waals surface area contributed by atoms with E-state index in [1.807, 2.05) is 32.2 Å². The van der Waals surface area contributed by atoms with Gasteiger partial charge in [0, 0.05) is 34.8 Å². The summed E-state index contributed by atoms with van der Waals surface area (Å²) in [5.74, 6) is 2.50. The van der Waals surface area contributed by atoms with Gasteiger partial charge in [0.2, 0.25) is 0 Å². The van der Waals surface area contributed by atoms with E-state index in [0.29, 0.717) is 10.0 Å². The first kappa shape index (κ1) is 21.7. The van der Waals surface area contributed by atoms with Crippen molar-refractivity contribution in [3.05, 3.63) is 51.8 Å². The first-order chi connectivity index (χ1) is 14.5. The molecule has 0 bridgehead atoms. The maximum absolute atomic E-state index is 6.37. The zero-order chi connectivity index (χ0) is 21.1. The van der Waals surface area contributed by atoms with Crippen molar-refractivity contribution in [3.63, 3.8) is 0 Å². The third-order valence-electron chi connectivity index (χ3n) is 6.64. The molecular formula is C24H31Cl2N3O. The van der Waals surface area contributed by atoms with Crippen LogP contribution in [0.5, 0.6) is 5.75 Å². The second-order valence-corrected chi connectivity index (χ2v) is 9.48. The Morgan fingerprint density at radius 2 is 1.93 bits per heavy atom. The number of halogens is 2. The summed E-state index contributed by atoms with van der Waals surface area (Å²) < 4.78 is 6.27. The van der Waals surface area contributed by atoms with Crippen LogP contribution < -0.4 is 15.0 Å². The fourth-order valence-electron chi connectivity index (χ4n) is 4.79. The summed E-state index contributed by atoms with van der Waals surface area (Å²) >= 11 is 12.4. The van der Waals surface area contributed by atoms with Crippen molar-refractivity contribution in [2.45, 2.75) is 45.6 Å². The Morgan fingerprint density at radius 1 is 1.13 bits per heavy atom. The van der Waals surface area contributed by atoms with E-state index < -0.39 is 0 Å². The lowest BCUT2D eigenvalue weighted by Gasteiger charge is -2.38. The molecule has 2 atom stereocenters. The Labute approximate surface area is 189 Å². The fraction of sp³-hybridized carbons (Fsp3) is 0.542. The molecule has 4 rings (SSSR count). The van der Waals surface area contributed by atoms with Crippen LogP contribution in [0.3, 0.4) is 0 Å². The summed E-state index contributed by atoms with van der Waals surface area (Å²) in [6.45, 7) is 8.54. The van der Waals surface area contributed by atoms with Gasteiger partial charge in [0.15, 0.2) is 0 Å². The van der Waals surface area contributed by atoms with Gasteiger partial charge in [-0.1, -0.05) is 29.3 Å². The number of rotatable bonds is 5. The average molecular weight is 448 g/mol. The van der Waals surface area contributed by atoms with Gasteiger partial charge in [-0.15, -0.1) is 0 Å². The fourth-order valence-corrected chi connectivity index (χ4v) is 5.35. The number of nitrogens with one attached hydrogen (secondary N) is 1. The molecule has 2 aromatic rings. The van der Waals surface area contributed by atoms with Crippen LogP contribution in [0.2, 0.25) is 10.0 Å². The molecule has 1 aromatic carbocycles. The minimum Gasteiger partial charge on any atom is -0.484 e. The Morgan fingerprint density at radius 3 is 2.63 bits per heavy atom. The Kier molecular flexibility index (Phi) is 7.07. The number of anilines is 1. The minimum atomic E-state index is -0.185. The van der Waals surface area contributed by atoms with E-state index in [2.05, 4.69) is 21.3 Å². The molecule has 0 aliphatic carbocycles. The van der Waals surface area contributed by atoms with E-state index in [0.717, 1.165) is 47.6 Å². The van der Waals surface area contributed by atoms with Gasteiger partial charge < -0.3 is 15.0 Å². The van der Waals surface area contributed by atoms with Crippen LogP contribution in [-0.4, -0.2) is 31.2 Å². The molecule has 0 radical (unpaired) electrons. The number of piperidine rings is 2. The van der Waals surface area contributed by atoms with Crippen molar-refractivity contribution in [3.8, 4) is 5.75 Å². The topological polar surface area (TPSA) is 37.4 Å². The molecule has 3 heterocycles. The summed E-state index contributed by atoms with van der Waals surface area (Å²) in [5.41, 5.74) is 2.96. The van der Waals surface area contributed by atoms with Crippen LogP contribution in [0.4, 0.5) is 5.69 Å². The second-order valence-electron chi connectivity index (χ2n) is 8.63. The third-order valence-corrected chi connectivity index (χ3v) is 7.20. The van der Waals surface area contributed by atoms with Gasteiger partial charge in [-0.05, 0) is 76.6 Å². The molecule has 162 valence electrons. The van der Waals surface area contributed by atoms with Gasteiger partial charge >= 0.3 is 0 Å². The monoisotopic (exact) mass is 447 g/mol. The summed E-state index contributed by atoms with van der Waals surface area (Å²) in [6, 6.07) is 7.65. The minimum absolute atomic E-state index is 0.185. The molecule has 6 heteroatoms. The molecule has 4 nitrogen and oxygen atoms in total. The highest BCUT2D eigenvalue weighted by atomic mass is 35.5. The smallest absolute Gasteiger partial charge is 0.143 e. The third kappa shape index (κ3) is 5.04. The molecule has 0 spiro atoms. The maximum atomic E-state index is 6.37. The summed E-state index contributed by atoms with van der Waals surface area (Å²) in [5, 5.41) is 4.82. The lowest BCUT2D eigenvalue weighted by molar-refractivity contribution is 0.222. The Bertz CT molecular complexity index is 862. The molecule has 2 fully saturated rings. The van der Waals surface area contributed by atoms with Gasteiger partial charge in [0.25, 0.3) is 0 Å². The van der Waals surface area contributed by atoms with Gasteiger partial charge in [0.05, 0.1) is 17.6 Å². The highest BCUT2D eigenvalue weighted by Gasteiger charge is 2.28. The zero-order valence-corrected chi connectivity index (χ0v) is 19.3. The quantitative estimate of drug-likeness (QED) is 0.604. The molecule has 1 N–H and O–H groups in total. The van der Waals surface area contributed by atoms with Gasteiger partial charge in [-0.3, -0.25) is 4.98 Å². The lowest BCUT2D eigenvalue weighted by atomic mass is 9.80. The van der Waals surface area contributed by atoms with Crippen molar-refractivity contribution in [2.24, 2.45) is 11.8 Å². The number of nitrogens with zero attached hydrogens (tertiary/aromatic N) is 2. The van der Waals surface area contributed by atoms with E-state index in [4.69, 9.17) is 27.9 Å². The average Bonchev–Trinajstić information content (AvgIpc) is 2.76. The highest BCUT2D eigenvalue weighted by Crippen LogP contribution is 2.34. The molecule has 2 aliphatic rings. The van der Waals surface area contributed by atoms with E-state index in [1.165, 1.54) is 38.8 Å². The Balaban J connectivity index is 1.42. The Hall–Kier alpha value is -1.49. The standard InChI is InChI=1S/C24H31Cl2N3O/c1-16-24(30-17(2)22-6-5-20(25)12-23(22)26)13-21(15-28-16)29-10-7-18(8-11-29)19-4-3-9-27-14-19/h5-6,12-13,15,17-19,27H,3-4,7-11,14H2,1-2H3/t17-,19+/m1/s1. The molecule has 1 aromatic heterocycles. The molecule has 30 heavy (non-hydrogen) atoms. The van der Waals surface area contributed by atoms with Crippen molar-refractivity contribution in [1.82, 2.24) is 10.3 Å². The van der Waals surface area contributed by atoms with Crippen molar-refractivity contribution >= 4 is 28.9 Å². The number of aromatic nitrogens is 1. The van der Waals surface area contributed by atoms with Crippen LogP contribution in [0.25, 0.3) is 0 Å².